The molecule has 3 aromatic rings. The molecule has 1 aliphatic rings. The number of nitrogens with one attached hydrogen (secondary N) is 2. The van der Waals surface area contributed by atoms with Crippen molar-refractivity contribution in [3.8, 4) is 11.5 Å². The van der Waals surface area contributed by atoms with E-state index in [4.69, 9.17) is 18.9 Å². The van der Waals surface area contributed by atoms with E-state index in [1.807, 2.05) is 81.4 Å². The van der Waals surface area contributed by atoms with Crippen molar-refractivity contribution in [2.45, 2.75) is 64.4 Å². The van der Waals surface area contributed by atoms with Crippen molar-refractivity contribution in [2.75, 3.05) is 25.1 Å². The van der Waals surface area contributed by atoms with E-state index < -0.39 is 29.9 Å². The Labute approximate surface area is 258 Å². The van der Waals surface area contributed by atoms with E-state index in [0.29, 0.717) is 30.3 Å². The van der Waals surface area contributed by atoms with Gasteiger partial charge in [0.05, 0.1) is 12.3 Å². The van der Waals surface area contributed by atoms with Gasteiger partial charge in [-0.1, -0.05) is 60.7 Å². The van der Waals surface area contributed by atoms with Crippen LogP contribution in [0.3, 0.4) is 0 Å². The lowest BCUT2D eigenvalue weighted by Crippen LogP contribution is -2.50. The molecule has 0 radical (unpaired) electrons. The summed E-state index contributed by atoms with van der Waals surface area (Å²) in [7, 11) is 1.64. The van der Waals surface area contributed by atoms with Crippen LogP contribution >= 0.6 is 0 Å². The normalized spacial score (nSPS) is 16.2. The molecule has 0 saturated carbocycles. The molecule has 4 rings (SSSR count). The highest BCUT2D eigenvalue weighted by molar-refractivity contribution is 6.01. The van der Waals surface area contributed by atoms with Gasteiger partial charge in [-0.15, -0.1) is 0 Å². The number of alkyl carbamates (subject to hydrolysis) is 2. The van der Waals surface area contributed by atoms with Crippen LogP contribution in [0.5, 0.6) is 11.5 Å². The van der Waals surface area contributed by atoms with Gasteiger partial charge in [-0.25, -0.2) is 9.59 Å². The Bertz CT molecular complexity index is 1390. The number of amides is 3. The number of fused-ring (bicyclic) bond motifs is 1. The van der Waals surface area contributed by atoms with Gasteiger partial charge in [-0.3, -0.25) is 4.79 Å². The number of nitrogens with zero attached hydrogens (tertiary/aromatic N) is 1. The van der Waals surface area contributed by atoms with Gasteiger partial charge in [0.25, 0.3) is 5.91 Å². The van der Waals surface area contributed by atoms with E-state index in [1.54, 1.807) is 25.2 Å². The van der Waals surface area contributed by atoms with Gasteiger partial charge >= 0.3 is 12.2 Å². The average molecular weight is 604 g/mol. The Balaban J connectivity index is 1.37. The fraction of sp³-hybridized carbons (Fsp3) is 0.382. The van der Waals surface area contributed by atoms with E-state index in [9.17, 15) is 14.4 Å². The Morgan fingerprint density at radius 1 is 0.909 bits per heavy atom. The third kappa shape index (κ3) is 9.39. The minimum Gasteiger partial charge on any atom is -0.494 e. The minimum absolute atomic E-state index is 0.0709. The van der Waals surface area contributed by atoms with Crippen LogP contribution < -0.4 is 25.0 Å². The molecular weight excluding hydrogens is 562 g/mol. The van der Waals surface area contributed by atoms with Gasteiger partial charge in [0.2, 0.25) is 0 Å². The van der Waals surface area contributed by atoms with Crippen molar-refractivity contribution < 1.29 is 33.3 Å². The highest BCUT2D eigenvalue weighted by Gasteiger charge is 2.39. The summed E-state index contributed by atoms with van der Waals surface area (Å²) in [5.41, 5.74) is 1.57. The molecule has 0 fully saturated rings. The number of anilines is 1. The first kappa shape index (κ1) is 32.2. The molecule has 0 unspecified atom stereocenters. The number of ether oxygens (including phenoxy) is 4. The molecule has 1 heterocycles. The first-order valence-electron chi connectivity index (χ1n) is 14.8. The summed E-state index contributed by atoms with van der Waals surface area (Å²) in [6.07, 6.45) is 0.496. The van der Waals surface area contributed by atoms with Crippen LogP contribution in [0.25, 0.3) is 0 Å². The van der Waals surface area contributed by atoms with E-state index in [-0.39, 0.29) is 12.5 Å². The topological polar surface area (TPSA) is 115 Å². The first-order chi connectivity index (χ1) is 21.1. The minimum atomic E-state index is -1.04. The second kappa shape index (κ2) is 15.1. The van der Waals surface area contributed by atoms with Crippen molar-refractivity contribution in [3.63, 3.8) is 0 Å². The number of carbonyl (C=O) groups is 3. The summed E-state index contributed by atoms with van der Waals surface area (Å²) in [6.45, 7) is 6.54. The zero-order valence-electron chi connectivity index (χ0n) is 25.7. The van der Waals surface area contributed by atoms with E-state index in [2.05, 4.69) is 10.6 Å². The Morgan fingerprint density at radius 3 is 2.32 bits per heavy atom. The summed E-state index contributed by atoms with van der Waals surface area (Å²) in [5.74, 6) is 0.713. The second-order valence-electron chi connectivity index (χ2n) is 11.5. The van der Waals surface area contributed by atoms with Crippen LogP contribution in [-0.2, 0) is 20.9 Å². The molecule has 0 bridgehead atoms. The summed E-state index contributed by atoms with van der Waals surface area (Å²) in [5, 5.41) is 5.50. The number of hydrogen-bond acceptors (Lipinski definition) is 7. The van der Waals surface area contributed by atoms with E-state index >= 15 is 0 Å². The van der Waals surface area contributed by atoms with Crippen LogP contribution in [0.15, 0.2) is 78.9 Å². The predicted octanol–water partition coefficient (Wildman–Crippen LogP) is 6.15. The molecule has 0 saturated heterocycles. The van der Waals surface area contributed by atoms with Crippen molar-refractivity contribution in [3.05, 3.63) is 90.0 Å². The molecule has 0 spiro atoms. The van der Waals surface area contributed by atoms with Crippen molar-refractivity contribution in [1.82, 2.24) is 10.6 Å². The van der Waals surface area contributed by atoms with Gasteiger partial charge in [0.1, 0.15) is 23.7 Å². The highest BCUT2D eigenvalue weighted by Crippen LogP contribution is 2.39. The molecule has 10 heteroatoms. The van der Waals surface area contributed by atoms with Crippen LogP contribution in [0.1, 0.15) is 57.3 Å². The third-order valence-corrected chi connectivity index (χ3v) is 6.82. The fourth-order valence-electron chi connectivity index (χ4n) is 4.64. The fourth-order valence-corrected chi connectivity index (χ4v) is 4.64. The molecule has 234 valence electrons. The Morgan fingerprint density at radius 2 is 1.61 bits per heavy atom. The summed E-state index contributed by atoms with van der Waals surface area (Å²) in [6, 6.07) is 22.9. The number of hydrogen-bond donors (Lipinski definition) is 2. The van der Waals surface area contributed by atoms with Crippen LogP contribution in [-0.4, -0.2) is 49.9 Å². The van der Waals surface area contributed by atoms with Crippen molar-refractivity contribution >= 4 is 23.8 Å². The number of likely N-dealkylation sites (N-methyl/N-ethyl adjacent to an activating group) is 1. The van der Waals surface area contributed by atoms with Crippen LogP contribution in [0.2, 0.25) is 0 Å². The average Bonchev–Trinajstić information content (AvgIpc) is 3.10. The quantitative estimate of drug-likeness (QED) is 0.253. The summed E-state index contributed by atoms with van der Waals surface area (Å²) < 4.78 is 23.0. The molecule has 2 N–H and O–H groups in total. The molecule has 3 amide bonds. The molecule has 1 aliphatic heterocycles. The molecule has 0 aliphatic carbocycles. The maximum absolute atomic E-state index is 13.8. The van der Waals surface area contributed by atoms with Gasteiger partial charge in [0.15, 0.2) is 12.1 Å². The summed E-state index contributed by atoms with van der Waals surface area (Å²) >= 11 is 0. The maximum atomic E-state index is 13.8. The summed E-state index contributed by atoms with van der Waals surface area (Å²) in [4.78, 5) is 39.9. The van der Waals surface area contributed by atoms with Crippen molar-refractivity contribution in [2.24, 2.45) is 0 Å². The first-order valence-corrected chi connectivity index (χ1v) is 14.8. The van der Waals surface area contributed by atoms with Gasteiger partial charge in [-0.2, -0.15) is 0 Å². The molecular formula is C34H41N3O7. The standard InChI is InChI=1S/C34H41N3O7/c1-34(2,3)44-32(39)35-20-12-7-13-21-41-26-18-19-28-27(22-26)37(4)31(38)29(30(43-28)25-16-10-6-11-17-25)36-33(40)42-23-24-14-8-5-9-15-24/h5-6,8-11,14-19,22,29-30H,7,12-13,20-21,23H2,1-4H3,(H,35,39)(H,36,40)/t29-,30+/m0/s1. The van der Waals surface area contributed by atoms with Crippen LogP contribution in [0, 0.1) is 0 Å². The highest BCUT2D eigenvalue weighted by atomic mass is 16.6. The van der Waals surface area contributed by atoms with Gasteiger partial charge in [-0.05, 0) is 63.3 Å². The molecule has 2 atom stereocenters. The number of unbranched alkanes of at least 4 members (excludes halogenated alkanes) is 2. The third-order valence-electron chi connectivity index (χ3n) is 6.82. The Hall–Kier alpha value is -4.73. The largest absolute Gasteiger partial charge is 0.494 e. The van der Waals surface area contributed by atoms with Crippen molar-refractivity contribution in [1.29, 1.82) is 0 Å². The lowest BCUT2D eigenvalue weighted by atomic mass is 10.0. The lowest BCUT2D eigenvalue weighted by Gasteiger charge is -2.26. The molecule has 3 aromatic carbocycles. The number of benzene rings is 3. The zero-order valence-corrected chi connectivity index (χ0v) is 25.7. The Kier molecular flexibility index (Phi) is 11.1. The monoisotopic (exact) mass is 603 g/mol. The van der Waals surface area contributed by atoms with Crippen LogP contribution in [0.4, 0.5) is 15.3 Å². The van der Waals surface area contributed by atoms with E-state index in [1.165, 1.54) is 4.90 Å². The lowest BCUT2D eigenvalue weighted by molar-refractivity contribution is -0.122. The number of rotatable bonds is 11. The SMILES string of the molecule is CN1C(=O)[C@@H](NC(=O)OCc2ccccc2)[C@@H](c2ccccc2)Oc2ccc(OCCCCCNC(=O)OC(C)(C)C)cc21. The molecule has 10 nitrogen and oxygen atoms in total. The molecule has 44 heavy (non-hydrogen) atoms. The van der Waals surface area contributed by atoms with E-state index in [0.717, 1.165) is 30.4 Å². The zero-order chi connectivity index (χ0) is 31.5. The molecule has 0 aromatic heterocycles. The second-order valence-corrected chi connectivity index (χ2v) is 11.5. The number of carbonyl (C=O) groups excluding carboxylic acids is 3. The maximum Gasteiger partial charge on any atom is 0.408 e. The van der Waals surface area contributed by atoms with Gasteiger partial charge in [0, 0.05) is 19.7 Å². The predicted molar refractivity (Wildman–Crippen MR) is 167 cm³/mol. The smallest absolute Gasteiger partial charge is 0.408 e. The van der Waals surface area contributed by atoms with Gasteiger partial charge < -0.3 is 34.5 Å².